The number of fused-ring (bicyclic) bond motifs is 1. The highest BCUT2D eigenvalue weighted by atomic mass is 32.2. The van der Waals surface area contributed by atoms with E-state index in [0.717, 1.165) is 11.1 Å². The fourth-order valence-electron chi connectivity index (χ4n) is 5.75. The highest BCUT2D eigenvalue weighted by molar-refractivity contribution is 7.89. The zero-order valence-electron chi connectivity index (χ0n) is 26.4. The topological polar surface area (TPSA) is 182 Å². The molecule has 0 unspecified atom stereocenters. The van der Waals surface area contributed by atoms with Crippen LogP contribution in [0.2, 0.25) is 0 Å². The molecular weight excluding hydrogens is 622 g/mol. The van der Waals surface area contributed by atoms with Crippen molar-refractivity contribution < 1.29 is 23.4 Å². The number of anilines is 1. The Labute approximate surface area is 272 Å². The van der Waals surface area contributed by atoms with Gasteiger partial charge in [0.2, 0.25) is 10.0 Å². The summed E-state index contributed by atoms with van der Waals surface area (Å²) in [5, 5.41) is 33.6. The number of rotatable bonds is 13. The van der Waals surface area contributed by atoms with Gasteiger partial charge in [-0.25, -0.2) is 28.1 Å². The molecule has 14 nitrogen and oxygen atoms in total. The van der Waals surface area contributed by atoms with Crippen molar-refractivity contribution in [3.8, 4) is 0 Å². The monoisotopic (exact) mass is 661 g/mol. The van der Waals surface area contributed by atoms with Gasteiger partial charge in [-0.15, -0.1) is 5.10 Å². The van der Waals surface area contributed by atoms with E-state index in [1.54, 1.807) is 10.9 Å². The van der Waals surface area contributed by atoms with Crippen LogP contribution >= 0.6 is 0 Å². The molecular formula is C32H39N9O5S. The van der Waals surface area contributed by atoms with E-state index in [0.29, 0.717) is 35.8 Å². The van der Waals surface area contributed by atoms with Crippen molar-refractivity contribution in [3.05, 3.63) is 95.8 Å². The lowest BCUT2D eigenvalue weighted by molar-refractivity contribution is -0.0370. The van der Waals surface area contributed by atoms with Crippen LogP contribution < -0.4 is 10.0 Å². The second-order valence-corrected chi connectivity index (χ2v) is 13.8. The predicted molar refractivity (Wildman–Crippen MR) is 175 cm³/mol. The van der Waals surface area contributed by atoms with Gasteiger partial charge in [-0.1, -0.05) is 79.7 Å². The van der Waals surface area contributed by atoms with Crippen molar-refractivity contribution >= 4 is 27.0 Å². The highest BCUT2D eigenvalue weighted by Crippen LogP contribution is 2.39. The third-order valence-corrected chi connectivity index (χ3v) is 9.72. The van der Waals surface area contributed by atoms with Crippen molar-refractivity contribution in [2.75, 3.05) is 17.6 Å². The summed E-state index contributed by atoms with van der Waals surface area (Å²) in [6, 6.07) is 20.2. The molecule has 47 heavy (non-hydrogen) atoms. The Hall–Kier alpha value is -4.28. The molecule has 5 aromatic rings. The maximum atomic E-state index is 12.7. The van der Waals surface area contributed by atoms with Crippen molar-refractivity contribution in [2.24, 2.45) is 5.92 Å². The van der Waals surface area contributed by atoms with Crippen LogP contribution in [0.3, 0.4) is 0 Å². The minimum atomic E-state index is -3.60. The molecule has 4 atom stereocenters. The van der Waals surface area contributed by atoms with Gasteiger partial charge in [0.25, 0.3) is 0 Å². The number of nitrogens with zero attached hydrogens (tertiary/aromatic N) is 7. The number of hydrogen-bond acceptors (Lipinski definition) is 11. The maximum Gasteiger partial charge on any atom is 0.212 e. The molecule has 15 heteroatoms. The zero-order chi connectivity index (χ0) is 33.1. The maximum absolute atomic E-state index is 12.7. The number of nitrogens with one attached hydrogen (secondary N) is 2. The van der Waals surface area contributed by atoms with Gasteiger partial charge in [-0.05, 0) is 24.0 Å². The summed E-state index contributed by atoms with van der Waals surface area (Å²) < 4.78 is 37.3. The highest BCUT2D eigenvalue weighted by Gasteiger charge is 2.46. The molecule has 248 valence electrons. The van der Waals surface area contributed by atoms with Crippen LogP contribution in [0.5, 0.6) is 0 Å². The van der Waals surface area contributed by atoms with Gasteiger partial charge < -0.3 is 20.3 Å². The van der Waals surface area contributed by atoms with Gasteiger partial charge in [0, 0.05) is 19.0 Å². The predicted octanol–water partition coefficient (Wildman–Crippen LogP) is 2.75. The molecule has 4 N–H and O–H groups in total. The minimum absolute atomic E-state index is 0.0371. The standard InChI is InChI=1S/C32H39N9O5S/c1-4-40-17-24(38-39-40)29-27(42)28(43)32(46-29)41-19-34-26-30(36-25(37-31(26)41)16-35-47(44,45)18-20(2)3)33-15-23(21-11-7-5-8-12-21)22-13-9-6-10-14-22/h5-14,17,19-20,23,27-29,32,35,42-43H,4,15-16,18H2,1-3H3,(H,33,36,37)/t27-,28+,29+,32+/m0/s1. The van der Waals surface area contributed by atoms with E-state index in [1.807, 2.05) is 57.2 Å². The van der Waals surface area contributed by atoms with Gasteiger partial charge in [0.1, 0.15) is 29.8 Å². The summed E-state index contributed by atoms with van der Waals surface area (Å²) in [6.45, 7) is 6.44. The molecule has 1 saturated heterocycles. The Morgan fingerprint density at radius 2 is 1.66 bits per heavy atom. The van der Waals surface area contributed by atoms with Crippen LogP contribution in [0.25, 0.3) is 11.2 Å². The first kappa shape index (κ1) is 32.7. The second kappa shape index (κ2) is 13.8. The van der Waals surface area contributed by atoms with Gasteiger partial charge >= 0.3 is 0 Å². The lowest BCUT2D eigenvalue weighted by atomic mass is 9.91. The third kappa shape index (κ3) is 7.18. The van der Waals surface area contributed by atoms with E-state index in [9.17, 15) is 18.6 Å². The van der Waals surface area contributed by atoms with Gasteiger partial charge in [-0.2, -0.15) is 0 Å². The number of aliphatic hydroxyl groups is 2. The molecule has 6 rings (SSSR count). The fourth-order valence-corrected chi connectivity index (χ4v) is 7.10. The molecule has 0 aliphatic carbocycles. The van der Waals surface area contributed by atoms with Gasteiger partial charge in [0.15, 0.2) is 23.2 Å². The van der Waals surface area contributed by atoms with Crippen molar-refractivity contribution in [1.82, 2.24) is 39.2 Å². The summed E-state index contributed by atoms with van der Waals surface area (Å²) in [4.78, 5) is 13.9. The van der Waals surface area contributed by atoms with Crippen molar-refractivity contribution in [2.45, 2.75) is 64.3 Å². The third-order valence-electron chi connectivity index (χ3n) is 8.03. The molecule has 0 saturated carbocycles. The average molecular weight is 662 g/mol. The number of aryl methyl sites for hydroxylation is 1. The van der Waals surface area contributed by atoms with Crippen LogP contribution in [0.4, 0.5) is 5.82 Å². The summed E-state index contributed by atoms with van der Waals surface area (Å²) in [5.74, 6) is 0.435. The Kier molecular flexibility index (Phi) is 9.61. The molecule has 1 fully saturated rings. The number of imidazole rings is 1. The minimum Gasteiger partial charge on any atom is -0.387 e. The second-order valence-electron chi connectivity index (χ2n) is 12.0. The van der Waals surface area contributed by atoms with E-state index in [1.165, 1.54) is 10.9 Å². The number of aromatic nitrogens is 7. The zero-order valence-corrected chi connectivity index (χ0v) is 27.2. The molecule has 0 bridgehead atoms. The Bertz CT molecular complexity index is 1860. The molecule has 1 aliphatic heterocycles. The Balaban J connectivity index is 1.35. The van der Waals surface area contributed by atoms with Crippen LogP contribution in [-0.2, 0) is 27.8 Å². The molecule has 2 aromatic carbocycles. The molecule has 3 aromatic heterocycles. The van der Waals surface area contributed by atoms with Crippen molar-refractivity contribution in [1.29, 1.82) is 0 Å². The summed E-state index contributed by atoms with van der Waals surface area (Å²) in [7, 11) is -3.60. The summed E-state index contributed by atoms with van der Waals surface area (Å²) in [5.41, 5.74) is 3.28. The van der Waals surface area contributed by atoms with Crippen LogP contribution in [0.1, 0.15) is 61.7 Å². The Morgan fingerprint density at radius 3 is 2.28 bits per heavy atom. The fraction of sp³-hybridized carbons (Fsp3) is 0.406. The van der Waals surface area contributed by atoms with Gasteiger partial charge in [0.05, 0.1) is 24.8 Å². The summed E-state index contributed by atoms with van der Waals surface area (Å²) in [6.07, 6.45) is -1.51. The average Bonchev–Trinajstić information content (AvgIpc) is 3.78. The first-order chi connectivity index (χ1) is 22.6. The van der Waals surface area contributed by atoms with E-state index in [-0.39, 0.29) is 30.0 Å². The lowest BCUT2D eigenvalue weighted by Gasteiger charge is -2.20. The van der Waals surface area contributed by atoms with Crippen LogP contribution in [0, 0.1) is 5.92 Å². The SMILES string of the molecule is CCn1cc([C@H]2O[C@@H](n3cnc4c(NCC(c5ccccc5)c5ccccc5)nc(CNS(=O)(=O)CC(C)C)nc43)[C@H](O)[C@@H]2O)nn1. The van der Waals surface area contributed by atoms with E-state index in [4.69, 9.17) is 9.72 Å². The smallest absolute Gasteiger partial charge is 0.212 e. The largest absolute Gasteiger partial charge is 0.387 e. The quantitative estimate of drug-likeness (QED) is 0.146. The number of sulfonamides is 1. The van der Waals surface area contributed by atoms with Crippen LogP contribution in [0.15, 0.2) is 73.2 Å². The molecule has 0 spiro atoms. The van der Waals surface area contributed by atoms with Crippen molar-refractivity contribution in [3.63, 3.8) is 0 Å². The number of hydrogen-bond donors (Lipinski definition) is 4. The van der Waals surface area contributed by atoms with E-state index in [2.05, 4.69) is 54.6 Å². The Morgan fingerprint density at radius 1 is 0.979 bits per heavy atom. The lowest BCUT2D eigenvalue weighted by Crippen LogP contribution is -2.30. The van der Waals surface area contributed by atoms with E-state index < -0.39 is 34.6 Å². The first-order valence-electron chi connectivity index (χ1n) is 15.6. The molecule has 1 aliphatic rings. The molecule has 0 radical (unpaired) electrons. The normalized spacial score (nSPS) is 20.1. The molecule has 4 heterocycles. The number of aliphatic hydroxyl groups excluding tert-OH is 2. The van der Waals surface area contributed by atoms with Crippen LogP contribution in [-0.4, -0.2) is 77.6 Å². The van der Waals surface area contributed by atoms with Gasteiger partial charge in [-0.3, -0.25) is 9.25 Å². The summed E-state index contributed by atoms with van der Waals surface area (Å²) >= 11 is 0. The first-order valence-corrected chi connectivity index (χ1v) is 17.2. The number of benzene rings is 2. The number of ether oxygens (including phenoxy) is 1. The molecule has 0 amide bonds. The van der Waals surface area contributed by atoms with E-state index >= 15 is 0 Å².